The fraction of sp³-hybridized carbons (Fsp3) is 0.429. The molecule has 1 fully saturated rings. The van der Waals surface area contributed by atoms with Crippen molar-refractivity contribution in [3.05, 3.63) is 54.4 Å². The predicted octanol–water partition coefficient (Wildman–Crippen LogP) is 3.38. The number of aromatic nitrogens is 1. The SMILES string of the molecule is O=CN(c1ccc(F)cc1)[C@H](CCCO)C1CCN(c2cccnc2F)CC1. The van der Waals surface area contributed by atoms with Gasteiger partial charge in [0.15, 0.2) is 0 Å². The van der Waals surface area contributed by atoms with Gasteiger partial charge in [-0.1, -0.05) is 0 Å². The Morgan fingerprint density at radius 1 is 1.21 bits per heavy atom. The number of anilines is 2. The molecule has 1 aliphatic rings. The maximum atomic E-state index is 14.0. The van der Waals surface area contributed by atoms with Crippen LogP contribution in [0.1, 0.15) is 25.7 Å². The standard InChI is InChI=1S/C21H25F2N3O2/c22-17-5-7-18(8-6-17)26(15-28)19(4-2-14-27)16-9-12-25(13-10-16)20-3-1-11-24-21(20)23/h1,3,5-8,11,15-16,19,27H,2,4,9-10,12-14H2/t19-/m1/s1. The third kappa shape index (κ3) is 4.65. The van der Waals surface area contributed by atoms with Crippen LogP contribution in [0.5, 0.6) is 0 Å². The van der Waals surface area contributed by atoms with Crippen molar-refractivity contribution >= 4 is 17.8 Å². The van der Waals surface area contributed by atoms with Crippen molar-refractivity contribution in [1.82, 2.24) is 4.98 Å². The number of carbonyl (C=O) groups is 1. The molecule has 1 atom stereocenters. The smallest absolute Gasteiger partial charge is 0.236 e. The van der Waals surface area contributed by atoms with Gasteiger partial charge >= 0.3 is 0 Å². The Morgan fingerprint density at radius 3 is 2.54 bits per heavy atom. The second kappa shape index (κ2) is 9.59. The lowest BCUT2D eigenvalue weighted by atomic mass is 9.85. The van der Waals surface area contributed by atoms with Crippen molar-refractivity contribution in [3.63, 3.8) is 0 Å². The van der Waals surface area contributed by atoms with Gasteiger partial charge in [0.25, 0.3) is 0 Å². The van der Waals surface area contributed by atoms with Crippen LogP contribution in [0.2, 0.25) is 0 Å². The molecule has 1 aromatic carbocycles. The van der Waals surface area contributed by atoms with Crippen molar-refractivity contribution in [3.8, 4) is 0 Å². The van der Waals surface area contributed by atoms with Gasteiger partial charge in [0.1, 0.15) is 5.82 Å². The van der Waals surface area contributed by atoms with Crippen LogP contribution in [0.15, 0.2) is 42.6 Å². The summed E-state index contributed by atoms with van der Waals surface area (Å²) in [6, 6.07) is 9.20. The first-order valence-electron chi connectivity index (χ1n) is 9.59. The number of halogens is 2. The second-order valence-electron chi connectivity index (χ2n) is 7.06. The number of aliphatic hydroxyl groups excluding tert-OH is 1. The minimum absolute atomic E-state index is 0.0480. The van der Waals surface area contributed by atoms with Crippen LogP contribution >= 0.6 is 0 Å². The zero-order chi connectivity index (χ0) is 19.9. The molecule has 3 rings (SSSR count). The number of hydrogen-bond acceptors (Lipinski definition) is 4. The maximum Gasteiger partial charge on any atom is 0.236 e. The van der Waals surface area contributed by atoms with Gasteiger partial charge in [0.2, 0.25) is 12.4 Å². The number of carbonyl (C=O) groups excluding carboxylic acids is 1. The van der Waals surface area contributed by atoms with Gasteiger partial charge in [0, 0.05) is 37.6 Å². The average Bonchev–Trinajstić information content (AvgIpc) is 2.73. The van der Waals surface area contributed by atoms with Gasteiger partial charge in [-0.3, -0.25) is 4.79 Å². The summed E-state index contributed by atoms with van der Waals surface area (Å²) in [7, 11) is 0. The number of hydrogen-bond donors (Lipinski definition) is 1. The van der Waals surface area contributed by atoms with Gasteiger partial charge in [-0.05, 0) is 68.0 Å². The summed E-state index contributed by atoms with van der Waals surface area (Å²) < 4.78 is 27.2. The van der Waals surface area contributed by atoms with E-state index in [1.54, 1.807) is 29.2 Å². The summed E-state index contributed by atoms with van der Waals surface area (Å²) in [5.41, 5.74) is 1.14. The van der Waals surface area contributed by atoms with Gasteiger partial charge < -0.3 is 14.9 Å². The normalized spacial score (nSPS) is 16.0. The van der Waals surface area contributed by atoms with E-state index in [0.29, 0.717) is 37.3 Å². The molecule has 1 aromatic heterocycles. The van der Waals surface area contributed by atoms with E-state index in [0.717, 1.165) is 19.3 Å². The first kappa shape index (κ1) is 20.2. The summed E-state index contributed by atoms with van der Waals surface area (Å²) in [5, 5.41) is 9.28. The summed E-state index contributed by atoms with van der Waals surface area (Å²) in [4.78, 5) is 19.2. The highest BCUT2D eigenvalue weighted by molar-refractivity contribution is 5.76. The lowest BCUT2D eigenvalue weighted by Gasteiger charge is -2.40. The zero-order valence-electron chi connectivity index (χ0n) is 15.7. The molecular formula is C21H25F2N3O2. The van der Waals surface area contributed by atoms with E-state index in [-0.39, 0.29) is 24.4 Å². The minimum atomic E-state index is -0.474. The number of benzene rings is 1. The predicted molar refractivity (Wildman–Crippen MR) is 104 cm³/mol. The highest BCUT2D eigenvalue weighted by Crippen LogP contribution is 2.32. The van der Waals surface area contributed by atoms with Crippen molar-refractivity contribution in [1.29, 1.82) is 0 Å². The molecule has 0 aliphatic carbocycles. The Morgan fingerprint density at radius 2 is 1.93 bits per heavy atom. The Bertz CT molecular complexity index is 765. The summed E-state index contributed by atoms with van der Waals surface area (Å²) >= 11 is 0. The van der Waals surface area contributed by atoms with Crippen molar-refractivity contribution in [2.45, 2.75) is 31.7 Å². The van der Waals surface area contributed by atoms with Crippen LogP contribution in [0.3, 0.4) is 0 Å². The van der Waals surface area contributed by atoms with E-state index in [2.05, 4.69) is 4.98 Å². The average molecular weight is 389 g/mol. The van der Waals surface area contributed by atoms with Crippen LogP contribution in [0.4, 0.5) is 20.2 Å². The Hall–Kier alpha value is -2.54. The molecular weight excluding hydrogens is 364 g/mol. The lowest BCUT2D eigenvalue weighted by Crippen LogP contribution is -2.45. The molecule has 2 aromatic rings. The number of aliphatic hydroxyl groups is 1. The molecule has 0 spiro atoms. The zero-order valence-corrected chi connectivity index (χ0v) is 15.7. The van der Waals surface area contributed by atoms with Gasteiger partial charge in [-0.15, -0.1) is 0 Å². The topological polar surface area (TPSA) is 56.7 Å². The molecule has 2 heterocycles. The molecule has 0 unspecified atom stereocenters. The highest BCUT2D eigenvalue weighted by atomic mass is 19.1. The van der Waals surface area contributed by atoms with E-state index < -0.39 is 5.95 Å². The lowest BCUT2D eigenvalue weighted by molar-refractivity contribution is -0.108. The van der Waals surface area contributed by atoms with Crippen molar-refractivity contribution in [2.24, 2.45) is 5.92 Å². The van der Waals surface area contributed by atoms with Crippen LogP contribution in [0.25, 0.3) is 0 Å². The van der Waals surface area contributed by atoms with Crippen molar-refractivity contribution in [2.75, 3.05) is 29.5 Å². The van der Waals surface area contributed by atoms with Crippen LogP contribution in [-0.2, 0) is 4.79 Å². The molecule has 1 N–H and O–H groups in total. The van der Waals surface area contributed by atoms with E-state index in [1.807, 2.05) is 4.90 Å². The number of rotatable bonds is 8. The molecule has 5 nitrogen and oxygen atoms in total. The fourth-order valence-electron chi connectivity index (χ4n) is 3.98. The molecule has 1 saturated heterocycles. The highest BCUT2D eigenvalue weighted by Gasteiger charge is 2.31. The molecule has 1 amide bonds. The largest absolute Gasteiger partial charge is 0.396 e. The van der Waals surface area contributed by atoms with E-state index in [1.165, 1.54) is 18.3 Å². The summed E-state index contributed by atoms with van der Waals surface area (Å²) in [6.45, 7) is 1.38. The third-order valence-electron chi connectivity index (χ3n) is 5.42. The van der Waals surface area contributed by atoms with Crippen LogP contribution in [-0.4, -0.2) is 42.2 Å². The van der Waals surface area contributed by atoms with Crippen molar-refractivity contribution < 1.29 is 18.7 Å². The van der Waals surface area contributed by atoms with Crippen LogP contribution < -0.4 is 9.80 Å². The summed E-state index contributed by atoms with van der Waals surface area (Å²) in [5.74, 6) is -0.621. The second-order valence-corrected chi connectivity index (χ2v) is 7.06. The number of amides is 1. The summed E-state index contributed by atoms with van der Waals surface area (Å²) in [6.07, 6.45) is 5.02. The number of nitrogens with zero attached hydrogens (tertiary/aromatic N) is 3. The van der Waals surface area contributed by atoms with Crippen LogP contribution in [0, 0.1) is 17.7 Å². The van der Waals surface area contributed by atoms with E-state index in [9.17, 15) is 18.7 Å². The first-order valence-corrected chi connectivity index (χ1v) is 9.59. The monoisotopic (exact) mass is 389 g/mol. The third-order valence-corrected chi connectivity index (χ3v) is 5.42. The molecule has 28 heavy (non-hydrogen) atoms. The minimum Gasteiger partial charge on any atom is -0.396 e. The molecule has 1 aliphatic heterocycles. The Labute approximate surface area is 163 Å². The van der Waals surface area contributed by atoms with Gasteiger partial charge in [0.05, 0.1) is 5.69 Å². The Kier molecular flexibility index (Phi) is 6.92. The van der Waals surface area contributed by atoms with Gasteiger partial charge in [-0.25, -0.2) is 9.37 Å². The number of piperidine rings is 1. The molecule has 0 saturated carbocycles. The fourth-order valence-corrected chi connectivity index (χ4v) is 3.98. The molecule has 0 bridgehead atoms. The van der Waals surface area contributed by atoms with Gasteiger partial charge in [-0.2, -0.15) is 4.39 Å². The first-order chi connectivity index (χ1) is 13.6. The molecule has 7 heteroatoms. The maximum absolute atomic E-state index is 14.0. The van der Waals surface area contributed by atoms with E-state index in [4.69, 9.17) is 0 Å². The molecule has 150 valence electrons. The molecule has 0 radical (unpaired) electrons. The quantitative estimate of drug-likeness (QED) is 0.556. The Balaban J connectivity index is 1.74. The number of pyridine rings is 1. The van der Waals surface area contributed by atoms with E-state index >= 15 is 0 Å².